The standard InChI is InChI=1S/C9H16N2S/c1-8(2)6-12-7(10-8)11-9(3)4-5-9/h4-6H2,1-3H3,(H,10,11). The molecule has 1 N–H and O–H groups in total. The lowest BCUT2D eigenvalue weighted by molar-refractivity contribution is 0.534. The van der Waals surface area contributed by atoms with Crippen LogP contribution >= 0.6 is 11.8 Å². The van der Waals surface area contributed by atoms with Crippen LogP contribution in [0.5, 0.6) is 0 Å². The summed E-state index contributed by atoms with van der Waals surface area (Å²) in [6.07, 6.45) is 2.53. The van der Waals surface area contributed by atoms with Crippen LogP contribution in [0.2, 0.25) is 0 Å². The summed E-state index contributed by atoms with van der Waals surface area (Å²) in [6, 6.07) is 0. The topological polar surface area (TPSA) is 24.4 Å². The fourth-order valence-corrected chi connectivity index (χ4v) is 2.41. The monoisotopic (exact) mass is 184 g/mol. The molecule has 2 nitrogen and oxygen atoms in total. The van der Waals surface area contributed by atoms with Crippen molar-refractivity contribution in [1.29, 1.82) is 0 Å². The molecule has 12 heavy (non-hydrogen) atoms. The average Bonchev–Trinajstić information content (AvgIpc) is 2.53. The van der Waals surface area contributed by atoms with Gasteiger partial charge in [-0.3, -0.25) is 4.99 Å². The van der Waals surface area contributed by atoms with Crippen molar-refractivity contribution in [3.63, 3.8) is 0 Å². The molecule has 0 aromatic carbocycles. The molecule has 0 unspecified atom stereocenters. The SMILES string of the molecule is CC1(N=C2NC(C)(C)CS2)CC1. The van der Waals surface area contributed by atoms with Gasteiger partial charge in [-0.05, 0) is 33.6 Å². The zero-order valence-electron chi connectivity index (χ0n) is 7.98. The van der Waals surface area contributed by atoms with Gasteiger partial charge in [0.2, 0.25) is 0 Å². The van der Waals surface area contributed by atoms with Crippen molar-refractivity contribution in [2.45, 2.75) is 44.7 Å². The summed E-state index contributed by atoms with van der Waals surface area (Å²) in [5.41, 5.74) is 0.532. The Morgan fingerprint density at radius 2 is 2.00 bits per heavy atom. The fraction of sp³-hybridized carbons (Fsp3) is 0.889. The molecule has 1 heterocycles. The van der Waals surface area contributed by atoms with Crippen LogP contribution in [0.25, 0.3) is 0 Å². The van der Waals surface area contributed by atoms with E-state index in [4.69, 9.17) is 0 Å². The van der Waals surface area contributed by atoms with Gasteiger partial charge in [0.05, 0.1) is 5.54 Å². The molecule has 3 heteroatoms. The highest BCUT2D eigenvalue weighted by Gasteiger charge is 2.39. The molecule has 68 valence electrons. The van der Waals surface area contributed by atoms with E-state index in [1.54, 1.807) is 0 Å². The van der Waals surface area contributed by atoms with E-state index in [9.17, 15) is 0 Å². The van der Waals surface area contributed by atoms with Crippen molar-refractivity contribution in [2.24, 2.45) is 4.99 Å². The van der Waals surface area contributed by atoms with Crippen LogP contribution in [-0.2, 0) is 0 Å². The van der Waals surface area contributed by atoms with Crippen LogP contribution in [0.15, 0.2) is 4.99 Å². The maximum Gasteiger partial charge on any atom is 0.157 e. The lowest BCUT2D eigenvalue weighted by Crippen LogP contribution is -2.37. The molecule has 1 saturated heterocycles. The molecular weight excluding hydrogens is 168 g/mol. The molecule has 0 aromatic rings. The second-order valence-corrected chi connectivity index (χ2v) is 5.68. The number of hydrogen-bond acceptors (Lipinski definition) is 2. The van der Waals surface area contributed by atoms with E-state index in [2.05, 4.69) is 31.1 Å². The van der Waals surface area contributed by atoms with Gasteiger partial charge in [0, 0.05) is 11.3 Å². The third-order valence-electron chi connectivity index (χ3n) is 2.36. The smallest absolute Gasteiger partial charge is 0.157 e. The fourth-order valence-electron chi connectivity index (χ4n) is 1.21. The summed E-state index contributed by atoms with van der Waals surface area (Å²) in [4.78, 5) is 4.68. The molecule has 0 bridgehead atoms. The van der Waals surface area contributed by atoms with E-state index in [-0.39, 0.29) is 11.1 Å². The van der Waals surface area contributed by atoms with E-state index in [0.717, 1.165) is 10.9 Å². The first kappa shape index (κ1) is 8.42. The maximum atomic E-state index is 4.68. The molecule has 2 rings (SSSR count). The predicted molar refractivity (Wildman–Crippen MR) is 54.7 cm³/mol. The van der Waals surface area contributed by atoms with Gasteiger partial charge in [-0.15, -0.1) is 0 Å². The summed E-state index contributed by atoms with van der Waals surface area (Å²) >= 11 is 1.86. The first-order valence-electron chi connectivity index (χ1n) is 4.50. The highest BCUT2D eigenvalue weighted by molar-refractivity contribution is 8.14. The number of rotatable bonds is 1. The van der Waals surface area contributed by atoms with Gasteiger partial charge in [-0.2, -0.15) is 0 Å². The minimum Gasteiger partial charge on any atom is -0.359 e. The van der Waals surface area contributed by atoms with E-state index in [0.29, 0.717) is 0 Å². The summed E-state index contributed by atoms with van der Waals surface area (Å²) in [7, 11) is 0. The molecule has 0 atom stereocenters. The molecule has 0 radical (unpaired) electrons. The van der Waals surface area contributed by atoms with E-state index >= 15 is 0 Å². The summed E-state index contributed by atoms with van der Waals surface area (Å²) < 4.78 is 0. The second-order valence-electron chi connectivity index (χ2n) is 4.71. The van der Waals surface area contributed by atoms with Gasteiger partial charge >= 0.3 is 0 Å². The number of amidine groups is 1. The summed E-state index contributed by atoms with van der Waals surface area (Å²) in [5.74, 6) is 1.14. The third-order valence-corrected chi connectivity index (χ3v) is 3.69. The van der Waals surface area contributed by atoms with Crippen LogP contribution in [0, 0.1) is 0 Å². The zero-order valence-corrected chi connectivity index (χ0v) is 8.79. The largest absolute Gasteiger partial charge is 0.359 e. The summed E-state index contributed by atoms with van der Waals surface area (Å²) in [6.45, 7) is 6.67. The molecule has 2 fully saturated rings. The van der Waals surface area contributed by atoms with Crippen LogP contribution in [0.3, 0.4) is 0 Å². The van der Waals surface area contributed by atoms with Gasteiger partial charge in [0.1, 0.15) is 0 Å². The highest BCUT2D eigenvalue weighted by atomic mass is 32.2. The lowest BCUT2D eigenvalue weighted by atomic mass is 10.1. The average molecular weight is 184 g/mol. The molecule has 1 aliphatic heterocycles. The van der Waals surface area contributed by atoms with Crippen LogP contribution in [0.4, 0.5) is 0 Å². The van der Waals surface area contributed by atoms with Crippen molar-refractivity contribution in [2.75, 3.05) is 5.75 Å². The Bertz CT molecular complexity index is 229. The van der Waals surface area contributed by atoms with Gasteiger partial charge in [0.15, 0.2) is 5.17 Å². The van der Waals surface area contributed by atoms with Gasteiger partial charge in [-0.1, -0.05) is 11.8 Å². The van der Waals surface area contributed by atoms with Crippen molar-refractivity contribution >= 4 is 16.9 Å². The Hall–Kier alpha value is -0.180. The molecule has 0 spiro atoms. The molecule has 1 saturated carbocycles. The Morgan fingerprint density at radius 3 is 2.42 bits per heavy atom. The van der Waals surface area contributed by atoms with Crippen molar-refractivity contribution in [3.05, 3.63) is 0 Å². The van der Waals surface area contributed by atoms with E-state index < -0.39 is 0 Å². The van der Waals surface area contributed by atoms with Gasteiger partial charge in [0.25, 0.3) is 0 Å². The second kappa shape index (κ2) is 2.41. The molecular formula is C9H16N2S. The Morgan fingerprint density at radius 1 is 1.33 bits per heavy atom. The van der Waals surface area contributed by atoms with Gasteiger partial charge in [-0.25, -0.2) is 0 Å². The van der Waals surface area contributed by atoms with E-state index in [1.165, 1.54) is 12.8 Å². The lowest BCUT2D eigenvalue weighted by Gasteiger charge is -2.16. The van der Waals surface area contributed by atoms with Gasteiger partial charge < -0.3 is 5.32 Å². The minimum atomic E-state index is 0.245. The Balaban J connectivity index is 2.03. The molecule has 1 aliphatic carbocycles. The zero-order chi connectivity index (χ0) is 8.82. The van der Waals surface area contributed by atoms with E-state index in [1.807, 2.05) is 11.8 Å². The first-order chi connectivity index (χ1) is 5.49. The quantitative estimate of drug-likeness (QED) is 0.674. The third kappa shape index (κ3) is 1.76. The maximum absolute atomic E-state index is 4.68. The molecule has 0 amide bonds. The normalized spacial score (nSPS) is 33.4. The van der Waals surface area contributed by atoms with Crippen molar-refractivity contribution in [3.8, 4) is 0 Å². The molecule has 2 aliphatic rings. The van der Waals surface area contributed by atoms with Crippen molar-refractivity contribution < 1.29 is 0 Å². The highest BCUT2D eigenvalue weighted by Crippen LogP contribution is 2.40. The van der Waals surface area contributed by atoms with Crippen LogP contribution in [-0.4, -0.2) is 22.0 Å². The first-order valence-corrected chi connectivity index (χ1v) is 5.49. The number of hydrogen-bond donors (Lipinski definition) is 1. The number of nitrogens with one attached hydrogen (secondary N) is 1. The number of thioether (sulfide) groups is 1. The van der Waals surface area contributed by atoms with Crippen molar-refractivity contribution in [1.82, 2.24) is 5.32 Å². The minimum absolute atomic E-state index is 0.245. The summed E-state index contributed by atoms with van der Waals surface area (Å²) in [5, 5.41) is 4.59. The predicted octanol–water partition coefficient (Wildman–Crippen LogP) is 2.01. The Labute approximate surface area is 78.2 Å². The van der Waals surface area contributed by atoms with Crippen LogP contribution < -0.4 is 5.32 Å². The van der Waals surface area contributed by atoms with Crippen LogP contribution in [0.1, 0.15) is 33.6 Å². The Kier molecular flexibility index (Phi) is 1.69. The number of nitrogens with zero attached hydrogens (tertiary/aromatic N) is 1. The number of aliphatic imine (C=N–C) groups is 1. The molecule has 0 aromatic heterocycles.